The minimum Gasteiger partial charge on any atom is -0.489 e. The number of rotatable bonds is 6. The smallest absolute Gasteiger partial charge is 0.269 e. The number of ether oxygens (including phenoxy) is 2. The molecule has 0 atom stereocenters. The first-order valence-corrected chi connectivity index (χ1v) is 16.2. The molecule has 45 heavy (non-hydrogen) atoms. The second-order valence-electron chi connectivity index (χ2n) is 11.8. The number of carbonyl (C=O) groups excluding carboxylic acids is 1. The van der Waals surface area contributed by atoms with Crippen molar-refractivity contribution in [3.63, 3.8) is 0 Å². The van der Waals surface area contributed by atoms with Crippen LogP contribution in [0.25, 0.3) is 33.4 Å². The summed E-state index contributed by atoms with van der Waals surface area (Å²) < 4.78 is 41.4. The fourth-order valence-corrected chi connectivity index (χ4v) is 7.59. The molecule has 2 aliphatic heterocycles. The number of benzene rings is 3. The first kappa shape index (κ1) is 28.8. The lowest BCUT2D eigenvalue weighted by atomic mass is 9.86. The number of hydrogen-bond donors (Lipinski definition) is 1. The standard InChI is InChI=1S/C35H30N4O5S/c1-35(2)29-10-8-23(19-30(29)38-34(35)40)31-20-28-27(12-15-37-33(28)39(31)45(41,42)26-6-4-3-5-7-26)22-9-11-32(24(18-22)21-36)44-25-13-16-43-17-14-25/h3-12,15,18-20,25H,13-14,16-17H2,1-2H3,(H,38,40). The lowest BCUT2D eigenvalue weighted by Crippen LogP contribution is -2.26. The summed E-state index contributed by atoms with van der Waals surface area (Å²) in [7, 11) is -4.10. The molecule has 226 valence electrons. The van der Waals surface area contributed by atoms with Crippen molar-refractivity contribution in [1.29, 1.82) is 5.26 Å². The monoisotopic (exact) mass is 618 g/mol. The van der Waals surface area contributed by atoms with Gasteiger partial charge in [-0.25, -0.2) is 17.4 Å². The van der Waals surface area contributed by atoms with E-state index in [1.807, 2.05) is 44.2 Å². The van der Waals surface area contributed by atoms with Gasteiger partial charge in [-0.1, -0.05) is 36.4 Å². The first-order valence-electron chi connectivity index (χ1n) is 14.7. The maximum Gasteiger partial charge on any atom is 0.269 e. The number of nitrogens with one attached hydrogen (secondary N) is 1. The quantitative estimate of drug-likeness (QED) is 0.238. The molecule has 0 bridgehead atoms. The molecule has 4 heterocycles. The second kappa shape index (κ2) is 10.9. The van der Waals surface area contributed by atoms with Crippen LogP contribution in [0, 0.1) is 11.3 Å². The summed E-state index contributed by atoms with van der Waals surface area (Å²) in [6.45, 7) is 4.96. The number of nitrogens with zero attached hydrogens (tertiary/aromatic N) is 3. The van der Waals surface area contributed by atoms with Crippen LogP contribution in [0.15, 0.2) is 90.0 Å². The van der Waals surface area contributed by atoms with Gasteiger partial charge in [0.2, 0.25) is 5.91 Å². The van der Waals surface area contributed by atoms with Gasteiger partial charge >= 0.3 is 0 Å². The number of amides is 1. The molecule has 0 saturated carbocycles. The molecular formula is C35H30N4O5S. The number of pyridine rings is 1. The third kappa shape index (κ3) is 4.85. The first-order chi connectivity index (χ1) is 21.7. The van der Waals surface area contributed by atoms with Crippen LogP contribution in [-0.2, 0) is 25.0 Å². The van der Waals surface area contributed by atoms with E-state index in [2.05, 4.69) is 16.4 Å². The maximum atomic E-state index is 14.3. The number of fused-ring (bicyclic) bond motifs is 2. The Labute approximate surface area is 261 Å². The normalized spacial score (nSPS) is 16.2. The van der Waals surface area contributed by atoms with Gasteiger partial charge in [-0.2, -0.15) is 5.26 Å². The van der Waals surface area contributed by atoms with Gasteiger partial charge in [0.25, 0.3) is 10.0 Å². The lowest BCUT2D eigenvalue weighted by molar-refractivity contribution is -0.119. The Bertz CT molecular complexity index is 2130. The third-order valence-corrected chi connectivity index (χ3v) is 10.3. The van der Waals surface area contributed by atoms with Crippen molar-refractivity contribution in [3.05, 3.63) is 96.2 Å². The van der Waals surface area contributed by atoms with Crippen molar-refractivity contribution in [2.75, 3.05) is 18.5 Å². The Kier molecular flexibility index (Phi) is 6.95. The summed E-state index contributed by atoms with van der Waals surface area (Å²) in [4.78, 5) is 17.4. The van der Waals surface area contributed by atoms with E-state index in [1.54, 1.807) is 54.7 Å². The summed E-state index contributed by atoms with van der Waals surface area (Å²) in [5.74, 6) is 0.389. The van der Waals surface area contributed by atoms with Crippen LogP contribution in [0.5, 0.6) is 5.75 Å². The van der Waals surface area contributed by atoms with Crippen LogP contribution >= 0.6 is 0 Å². The van der Waals surface area contributed by atoms with Crippen LogP contribution in [-0.4, -0.2) is 42.6 Å². The summed E-state index contributed by atoms with van der Waals surface area (Å²) in [6, 6.07) is 25.0. The third-order valence-electron chi connectivity index (χ3n) is 8.62. The molecule has 1 saturated heterocycles. The van der Waals surface area contributed by atoms with Gasteiger partial charge in [0, 0.05) is 35.7 Å². The lowest BCUT2D eigenvalue weighted by Gasteiger charge is -2.23. The molecule has 0 aliphatic carbocycles. The predicted octanol–water partition coefficient (Wildman–Crippen LogP) is 6.27. The highest BCUT2D eigenvalue weighted by molar-refractivity contribution is 7.90. The van der Waals surface area contributed by atoms with E-state index < -0.39 is 15.4 Å². The van der Waals surface area contributed by atoms with E-state index in [0.717, 1.165) is 24.0 Å². The summed E-state index contributed by atoms with van der Waals surface area (Å²) in [5, 5.41) is 13.6. The van der Waals surface area contributed by atoms with Gasteiger partial charge in [0.05, 0.1) is 34.8 Å². The van der Waals surface area contributed by atoms with Crippen molar-refractivity contribution >= 4 is 32.7 Å². The number of nitriles is 1. The van der Waals surface area contributed by atoms with Gasteiger partial charge in [-0.15, -0.1) is 0 Å². The fourth-order valence-electron chi connectivity index (χ4n) is 6.08. The summed E-state index contributed by atoms with van der Waals surface area (Å²) in [5.41, 5.74) is 3.86. The topological polar surface area (TPSA) is 123 Å². The number of aromatic nitrogens is 2. The molecule has 9 nitrogen and oxygen atoms in total. The summed E-state index contributed by atoms with van der Waals surface area (Å²) >= 11 is 0. The molecule has 7 rings (SSSR count). The van der Waals surface area contributed by atoms with Gasteiger partial charge in [0.15, 0.2) is 5.65 Å². The van der Waals surface area contributed by atoms with Crippen LogP contribution in [0.4, 0.5) is 5.69 Å². The molecule has 3 aromatic carbocycles. The molecule has 1 fully saturated rings. The molecule has 10 heteroatoms. The van der Waals surface area contributed by atoms with Crippen molar-refractivity contribution in [2.45, 2.75) is 43.1 Å². The van der Waals surface area contributed by atoms with E-state index in [9.17, 15) is 18.5 Å². The molecule has 0 radical (unpaired) electrons. The Morgan fingerprint density at radius 3 is 2.51 bits per heavy atom. The van der Waals surface area contributed by atoms with Gasteiger partial charge in [-0.3, -0.25) is 4.79 Å². The number of carbonyl (C=O) groups is 1. The Hall–Kier alpha value is -4.98. The van der Waals surface area contributed by atoms with Gasteiger partial charge in [0.1, 0.15) is 17.9 Å². The minimum absolute atomic E-state index is 0.0215. The van der Waals surface area contributed by atoms with Crippen molar-refractivity contribution < 1.29 is 22.7 Å². The van der Waals surface area contributed by atoms with E-state index in [4.69, 9.17) is 9.47 Å². The van der Waals surface area contributed by atoms with Crippen LogP contribution in [0.2, 0.25) is 0 Å². The zero-order valence-corrected chi connectivity index (χ0v) is 25.6. The van der Waals surface area contributed by atoms with Crippen LogP contribution in [0.3, 0.4) is 0 Å². The van der Waals surface area contributed by atoms with Gasteiger partial charge in [-0.05, 0) is 73.0 Å². The van der Waals surface area contributed by atoms with Gasteiger partial charge < -0.3 is 14.8 Å². The number of hydrogen-bond acceptors (Lipinski definition) is 7. The van der Waals surface area contributed by atoms with Crippen LogP contribution < -0.4 is 10.1 Å². The minimum atomic E-state index is -4.10. The Morgan fingerprint density at radius 2 is 1.76 bits per heavy atom. The van der Waals surface area contributed by atoms with E-state index in [-0.39, 0.29) is 22.6 Å². The highest BCUT2D eigenvalue weighted by atomic mass is 32.2. The summed E-state index contributed by atoms with van der Waals surface area (Å²) in [6.07, 6.45) is 3.07. The molecule has 1 N–H and O–H groups in total. The molecular weight excluding hydrogens is 588 g/mol. The van der Waals surface area contributed by atoms with E-state index in [1.165, 1.54) is 3.97 Å². The molecule has 2 aromatic heterocycles. The zero-order chi connectivity index (χ0) is 31.3. The highest BCUT2D eigenvalue weighted by Gasteiger charge is 2.38. The average molecular weight is 619 g/mol. The SMILES string of the molecule is CC1(C)C(=O)Nc2cc(-c3cc4c(-c5ccc(OC6CCOCC6)c(C#N)c5)ccnc4n3S(=O)(=O)c3ccccc3)ccc21. The Morgan fingerprint density at radius 1 is 1.00 bits per heavy atom. The van der Waals surface area contributed by atoms with Crippen molar-refractivity contribution in [3.8, 4) is 34.2 Å². The van der Waals surface area contributed by atoms with Crippen LogP contribution in [0.1, 0.15) is 37.8 Å². The maximum absolute atomic E-state index is 14.3. The molecule has 1 amide bonds. The Balaban J connectivity index is 1.41. The fraction of sp³-hybridized carbons (Fsp3) is 0.229. The largest absolute Gasteiger partial charge is 0.489 e. The molecule has 0 spiro atoms. The average Bonchev–Trinajstić information content (AvgIpc) is 3.56. The zero-order valence-electron chi connectivity index (χ0n) is 24.8. The van der Waals surface area contributed by atoms with E-state index >= 15 is 0 Å². The van der Waals surface area contributed by atoms with Crippen molar-refractivity contribution in [2.24, 2.45) is 0 Å². The predicted molar refractivity (Wildman–Crippen MR) is 170 cm³/mol. The highest BCUT2D eigenvalue weighted by Crippen LogP contribution is 2.42. The van der Waals surface area contributed by atoms with E-state index in [0.29, 0.717) is 52.4 Å². The molecule has 5 aromatic rings. The number of anilines is 1. The molecule has 0 unspecified atom stereocenters. The second-order valence-corrected chi connectivity index (χ2v) is 13.6. The van der Waals surface area contributed by atoms with Crippen molar-refractivity contribution in [1.82, 2.24) is 8.96 Å². The molecule has 2 aliphatic rings.